The van der Waals surface area contributed by atoms with E-state index in [0.29, 0.717) is 17.9 Å². The van der Waals surface area contributed by atoms with E-state index >= 15 is 0 Å². The number of aryl methyl sites for hydroxylation is 1. The number of aliphatic hydroxyl groups is 1. The average molecular weight is 222 g/mol. The van der Waals surface area contributed by atoms with Crippen molar-refractivity contribution in [2.24, 2.45) is 0 Å². The number of aliphatic hydroxyl groups excluding tert-OH is 1. The summed E-state index contributed by atoms with van der Waals surface area (Å²) >= 11 is 0. The van der Waals surface area contributed by atoms with Gasteiger partial charge in [-0.15, -0.1) is 0 Å². The van der Waals surface area contributed by atoms with Crippen molar-refractivity contribution < 1.29 is 14.6 Å². The van der Waals surface area contributed by atoms with Crippen LogP contribution in [0.4, 0.5) is 0 Å². The lowest BCUT2D eigenvalue weighted by atomic mass is 10.1. The van der Waals surface area contributed by atoms with Crippen molar-refractivity contribution in [3.8, 4) is 5.75 Å². The van der Waals surface area contributed by atoms with Crippen molar-refractivity contribution in [3.05, 3.63) is 29.3 Å². The lowest BCUT2D eigenvalue weighted by Gasteiger charge is -2.10. The van der Waals surface area contributed by atoms with Crippen LogP contribution in [0.15, 0.2) is 18.2 Å². The highest BCUT2D eigenvalue weighted by Gasteiger charge is 2.05. The van der Waals surface area contributed by atoms with Gasteiger partial charge in [-0.25, -0.2) is 0 Å². The average Bonchev–Trinajstić information content (AvgIpc) is 2.30. The van der Waals surface area contributed by atoms with Gasteiger partial charge in [0, 0.05) is 6.61 Å². The Morgan fingerprint density at radius 1 is 1.31 bits per heavy atom. The highest BCUT2D eigenvalue weighted by Crippen LogP contribution is 2.22. The molecule has 1 aromatic carbocycles. The highest BCUT2D eigenvalue weighted by atomic mass is 16.5. The summed E-state index contributed by atoms with van der Waals surface area (Å²) in [5.41, 5.74) is 1.58. The third-order valence-electron chi connectivity index (χ3n) is 2.42. The number of aldehydes is 1. The molecule has 1 aromatic rings. The highest BCUT2D eigenvalue weighted by molar-refractivity contribution is 5.80. The van der Waals surface area contributed by atoms with Gasteiger partial charge >= 0.3 is 0 Å². The Labute approximate surface area is 96.1 Å². The first-order valence-electron chi connectivity index (χ1n) is 5.58. The molecule has 0 unspecified atom stereocenters. The Morgan fingerprint density at radius 2 is 2.12 bits per heavy atom. The maximum atomic E-state index is 10.8. The van der Waals surface area contributed by atoms with Gasteiger partial charge in [0.2, 0.25) is 0 Å². The molecule has 1 N–H and O–H groups in total. The molecule has 0 heterocycles. The molecule has 0 amide bonds. The molecule has 0 aliphatic rings. The zero-order chi connectivity index (χ0) is 11.8. The Balaban J connectivity index is 2.49. The smallest absolute Gasteiger partial charge is 0.153 e. The molecule has 0 saturated carbocycles. The second kappa shape index (κ2) is 7.01. The van der Waals surface area contributed by atoms with E-state index in [1.807, 2.05) is 19.1 Å². The molecule has 0 bridgehead atoms. The SMILES string of the molecule is Cc1cccc(C=O)c1OCCCCCO. The molecule has 0 radical (unpaired) electrons. The van der Waals surface area contributed by atoms with Crippen molar-refractivity contribution >= 4 is 6.29 Å². The Bertz CT molecular complexity index is 334. The molecule has 0 atom stereocenters. The zero-order valence-electron chi connectivity index (χ0n) is 9.61. The fraction of sp³-hybridized carbons (Fsp3) is 0.462. The molecule has 0 fully saturated rings. The Kier molecular flexibility index (Phi) is 5.57. The molecule has 88 valence electrons. The van der Waals surface area contributed by atoms with E-state index in [4.69, 9.17) is 9.84 Å². The number of carbonyl (C=O) groups is 1. The van der Waals surface area contributed by atoms with Gasteiger partial charge in [-0.05, 0) is 37.8 Å². The lowest BCUT2D eigenvalue weighted by molar-refractivity contribution is 0.111. The predicted octanol–water partition coefficient (Wildman–Crippen LogP) is 2.35. The zero-order valence-corrected chi connectivity index (χ0v) is 9.61. The van der Waals surface area contributed by atoms with Crippen LogP contribution in [0.3, 0.4) is 0 Å². The van der Waals surface area contributed by atoms with Crippen LogP contribution in [-0.2, 0) is 0 Å². The van der Waals surface area contributed by atoms with Crippen LogP contribution in [0, 0.1) is 6.92 Å². The number of carbonyl (C=O) groups excluding carboxylic acids is 1. The summed E-state index contributed by atoms with van der Waals surface area (Å²) in [7, 11) is 0. The summed E-state index contributed by atoms with van der Waals surface area (Å²) in [6, 6.07) is 5.52. The first-order valence-corrected chi connectivity index (χ1v) is 5.58. The third kappa shape index (κ3) is 3.66. The normalized spacial score (nSPS) is 10.1. The monoisotopic (exact) mass is 222 g/mol. The van der Waals surface area contributed by atoms with Crippen LogP contribution in [0.5, 0.6) is 5.75 Å². The van der Waals surface area contributed by atoms with E-state index < -0.39 is 0 Å². The molecule has 1 rings (SSSR count). The molecule has 0 spiro atoms. The number of ether oxygens (including phenoxy) is 1. The van der Waals surface area contributed by atoms with E-state index in [-0.39, 0.29) is 6.61 Å². The van der Waals surface area contributed by atoms with Gasteiger partial charge in [0.05, 0.1) is 12.2 Å². The first-order chi connectivity index (χ1) is 7.79. The van der Waals surface area contributed by atoms with Gasteiger partial charge < -0.3 is 9.84 Å². The van der Waals surface area contributed by atoms with E-state index in [9.17, 15) is 4.79 Å². The molecular weight excluding hydrogens is 204 g/mol. The minimum absolute atomic E-state index is 0.226. The molecule has 3 nitrogen and oxygen atoms in total. The fourth-order valence-corrected chi connectivity index (χ4v) is 1.53. The Hall–Kier alpha value is -1.35. The van der Waals surface area contributed by atoms with Crippen molar-refractivity contribution in [2.75, 3.05) is 13.2 Å². The fourth-order valence-electron chi connectivity index (χ4n) is 1.53. The molecule has 3 heteroatoms. The van der Waals surface area contributed by atoms with Crippen LogP contribution in [0.2, 0.25) is 0 Å². The van der Waals surface area contributed by atoms with Gasteiger partial charge in [0.25, 0.3) is 0 Å². The standard InChI is InChI=1S/C13H18O3/c1-11-6-5-7-12(10-15)13(11)16-9-4-2-3-8-14/h5-7,10,14H,2-4,8-9H2,1H3. The lowest BCUT2D eigenvalue weighted by Crippen LogP contribution is -2.02. The summed E-state index contributed by atoms with van der Waals surface area (Å²) < 4.78 is 5.59. The van der Waals surface area contributed by atoms with Crippen LogP contribution in [-0.4, -0.2) is 24.6 Å². The first kappa shape index (κ1) is 12.7. The summed E-state index contributed by atoms with van der Waals surface area (Å²) in [4.78, 5) is 10.8. The number of benzene rings is 1. The van der Waals surface area contributed by atoms with Crippen molar-refractivity contribution in [1.29, 1.82) is 0 Å². The molecule has 16 heavy (non-hydrogen) atoms. The minimum Gasteiger partial charge on any atom is -0.493 e. The quantitative estimate of drug-likeness (QED) is 0.569. The number of hydrogen-bond acceptors (Lipinski definition) is 3. The number of rotatable bonds is 7. The van der Waals surface area contributed by atoms with Crippen molar-refractivity contribution in [2.45, 2.75) is 26.2 Å². The van der Waals surface area contributed by atoms with Gasteiger partial charge in [0.15, 0.2) is 6.29 Å². The van der Waals surface area contributed by atoms with E-state index in [2.05, 4.69) is 0 Å². The van der Waals surface area contributed by atoms with Gasteiger partial charge in [-0.3, -0.25) is 4.79 Å². The van der Waals surface area contributed by atoms with Gasteiger partial charge in [-0.1, -0.05) is 12.1 Å². The molecular formula is C13H18O3. The van der Waals surface area contributed by atoms with Crippen molar-refractivity contribution in [3.63, 3.8) is 0 Å². The van der Waals surface area contributed by atoms with E-state index in [1.165, 1.54) is 0 Å². The van der Waals surface area contributed by atoms with Crippen LogP contribution >= 0.6 is 0 Å². The van der Waals surface area contributed by atoms with Crippen LogP contribution in [0.1, 0.15) is 35.2 Å². The molecule has 0 aliphatic heterocycles. The van der Waals surface area contributed by atoms with E-state index in [1.54, 1.807) is 6.07 Å². The van der Waals surface area contributed by atoms with E-state index in [0.717, 1.165) is 31.1 Å². The topological polar surface area (TPSA) is 46.5 Å². The molecule has 0 aliphatic carbocycles. The Morgan fingerprint density at radius 3 is 2.81 bits per heavy atom. The number of para-hydroxylation sites is 1. The summed E-state index contributed by atoms with van der Waals surface area (Å²) in [6.45, 7) is 2.74. The summed E-state index contributed by atoms with van der Waals surface area (Å²) in [6.07, 6.45) is 3.46. The van der Waals surface area contributed by atoms with Crippen LogP contribution in [0.25, 0.3) is 0 Å². The number of hydrogen-bond donors (Lipinski definition) is 1. The second-order valence-corrected chi connectivity index (χ2v) is 3.74. The van der Waals surface area contributed by atoms with Gasteiger partial charge in [-0.2, -0.15) is 0 Å². The maximum Gasteiger partial charge on any atom is 0.153 e. The van der Waals surface area contributed by atoms with Crippen LogP contribution < -0.4 is 4.74 Å². The summed E-state index contributed by atoms with van der Waals surface area (Å²) in [5, 5.41) is 8.62. The minimum atomic E-state index is 0.226. The van der Waals surface area contributed by atoms with Crippen molar-refractivity contribution in [1.82, 2.24) is 0 Å². The largest absolute Gasteiger partial charge is 0.493 e. The molecule has 0 saturated heterocycles. The number of unbranched alkanes of at least 4 members (excludes halogenated alkanes) is 2. The summed E-state index contributed by atoms with van der Waals surface area (Å²) in [5.74, 6) is 0.682. The van der Waals surface area contributed by atoms with Gasteiger partial charge in [0.1, 0.15) is 5.75 Å². The second-order valence-electron chi connectivity index (χ2n) is 3.74. The third-order valence-corrected chi connectivity index (χ3v) is 2.42. The molecule has 0 aromatic heterocycles. The predicted molar refractivity (Wildman–Crippen MR) is 63.0 cm³/mol. The maximum absolute atomic E-state index is 10.8.